The zero-order valence-corrected chi connectivity index (χ0v) is 10.1. The van der Waals surface area contributed by atoms with Crippen molar-refractivity contribution in [3.8, 4) is 5.75 Å². The lowest BCUT2D eigenvalue weighted by atomic mass is 9.95. The van der Waals surface area contributed by atoms with E-state index in [1.54, 1.807) is 7.11 Å². The predicted molar refractivity (Wildman–Crippen MR) is 63.5 cm³/mol. The molecule has 1 aromatic rings. The minimum absolute atomic E-state index is 0.442. The number of ether oxygens (including phenoxy) is 1. The summed E-state index contributed by atoms with van der Waals surface area (Å²) in [5.41, 5.74) is 2.13. The van der Waals surface area contributed by atoms with Gasteiger partial charge in [0.1, 0.15) is 5.75 Å². The van der Waals surface area contributed by atoms with Crippen molar-refractivity contribution in [1.29, 1.82) is 0 Å². The van der Waals surface area contributed by atoms with E-state index in [0.29, 0.717) is 12.6 Å². The lowest BCUT2D eigenvalue weighted by Crippen LogP contribution is -2.38. The number of β-amino-alcohol motifs (C(OH)–C–C–N with tert-alkyl or cyclic N) is 1. The first-order valence-corrected chi connectivity index (χ1v) is 5.71. The second-order valence-electron chi connectivity index (χ2n) is 4.57. The van der Waals surface area contributed by atoms with Gasteiger partial charge in [0.05, 0.1) is 13.2 Å². The molecule has 0 fully saturated rings. The maximum atomic E-state index is 10.2. The van der Waals surface area contributed by atoms with Crippen molar-refractivity contribution in [2.75, 3.05) is 13.7 Å². The van der Waals surface area contributed by atoms with Gasteiger partial charge in [0.15, 0.2) is 0 Å². The summed E-state index contributed by atoms with van der Waals surface area (Å²) < 4.78 is 5.30. The van der Waals surface area contributed by atoms with Crippen LogP contribution in [0.5, 0.6) is 5.75 Å². The molecular weight excluding hydrogens is 202 g/mol. The number of aliphatic hydroxyl groups excluding tert-OH is 1. The standard InChI is InChI=1S/C13H19NO2/c1-9(2)14-7-10-5-4-6-12(16-3)13(10)11(15)8-14/h4-6,9,11,15H,7-8H2,1-3H3. The minimum Gasteiger partial charge on any atom is -0.496 e. The van der Waals surface area contributed by atoms with E-state index in [-0.39, 0.29) is 0 Å². The van der Waals surface area contributed by atoms with Crippen molar-refractivity contribution in [3.05, 3.63) is 29.3 Å². The average molecular weight is 221 g/mol. The number of benzene rings is 1. The zero-order chi connectivity index (χ0) is 11.7. The lowest BCUT2D eigenvalue weighted by molar-refractivity contribution is 0.0722. The van der Waals surface area contributed by atoms with Crippen LogP contribution in [0.4, 0.5) is 0 Å². The van der Waals surface area contributed by atoms with Crippen molar-refractivity contribution < 1.29 is 9.84 Å². The Bertz CT molecular complexity index is 376. The van der Waals surface area contributed by atoms with Crippen LogP contribution in [0.3, 0.4) is 0 Å². The normalized spacial score (nSPS) is 20.9. The van der Waals surface area contributed by atoms with Crippen LogP contribution in [-0.4, -0.2) is 29.7 Å². The molecule has 1 aromatic carbocycles. The Hall–Kier alpha value is -1.06. The molecule has 0 aromatic heterocycles. The molecule has 0 aliphatic carbocycles. The summed E-state index contributed by atoms with van der Waals surface area (Å²) in [7, 11) is 1.65. The molecule has 3 heteroatoms. The third-order valence-corrected chi connectivity index (χ3v) is 3.22. The maximum absolute atomic E-state index is 10.2. The number of hydrogen-bond donors (Lipinski definition) is 1. The molecule has 1 heterocycles. The Morgan fingerprint density at radius 3 is 2.81 bits per heavy atom. The molecule has 1 unspecified atom stereocenters. The lowest BCUT2D eigenvalue weighted by Gasteiger charge is -2.35. The van der Waals surface area contributed by atoms with Gasteiger partial charge in [-0.25, -0.2) is 0 Å². The fourth-order valence-corrected chi connectivity index (χ4v) is 2.27. The van der Waals surface area contributed by atoms with Gasteiger partial charge in [-0.1, -0.05) is 12.1 Å². The molecule has 2 rings (SSSR count). The molecule has 0 amide bonds. The van der Waals surface area contributed by atoms with E-state index in [1.165, 1.54) is 5.56 Å². The van der Waals surface area contributed by atoms with Crippen molar-refractivity contribution in [2.45, 2.75) is 32.5 Å². The van der Waals surface area contributed by atoms with Crippen molar-refractivity contribution >= 4 is 0 Å². The summed E-state index contributed by atoms with van der Waals surface area (Å²) in [6.07, 6.45) is -0.442. The number of nitrogens with zero attached hydrogens (tertiary/aromatic N) is 1. The maximum Gasteiger partial charge on any atom is 0.125 e. The number of rotatable bonds is 2. The monoisotopic (exact) mass is 221 g/mol. The van der Waals surface area contributed by atoms with Crippen LogP contribution in [0, 0.1) is 0 Å². The van der Waals surface area contributed by atoms with Crippen LogP contribution >= 0.6 is 0 Å². The Morgan fingerprint density at radius 2 is 2.19 bits per heavy atom. The molecular formula is C13H19NO2. The van der Waals surface area contributed by atoms with Gasteiger partial charge in [0, 0.05) is 24.7 Å². The minimum atomic E-state index is -0.442. The second kappa shape index (κ2) is 4.44. The SMILES string of the molecule is COc1cccc2c1C(O)CN(C(C)C)C2. The van der Waals surface area contributed by atoms with Gasteiger partial charge < -0.3 is 9.84 Å². The third kappa shape index (κ3) is 1.93. The highest BCUT2D eigenvalue weighted by Gasteiger charge is 2.27. The number of methoxy groups -OCH3 is 1. The first-order valence-electron chi connectivity index (χ1n) is 5.71. The molecule has 88 valence electrons. The van der Waals surface area contributed by atoms with Gasteiger partial charge in [0.2, 0.25) is 0 Å². The molecule has 1 atom stereocenters. The predicted octanol–water partition coefficient (Wildman–Crippen LogP) is 1.95. The molecule has 1 N–H and O–H groups in total. The fraction of sp³-hybridized carbons (Fsp3) is 0.538. The van der Waals surface area contributed by atoms with E-state index in [2.05, 4.69) is 24.8 Å². The highest BCUT2D eigenvalue weighted by atomic mass is 16.5. The van der Waals surface area contributed by atoms with Crippen LogP contribution in [0.15, 0.2) is 18.2 Å². The molecule has 0 radical (unpaired) electrons. The van der Waals surface area contributed by atoms with E-state index >= 15 is 0 Å². The molecule has 1 aliphatic heterocycles. The van der Waals surface area contributed by atoms with Crippen LogP contribution in [0.2, 0.25) is 0 Å². The van der Waals surface area contributed by atoms with E-state index in [4.69, 9.17) is 4.74 Å². The van der Waals surface area contributed by atoms with Crippen molar-refractivity contribution in [2.24, 2.45) is 0 Å². The highest BCUT2D eigenvalue weighted by Crippen LogP contribution is 2.34. The van der Waals surface area contributed by atoms with E-state index in [1.807, 2.05) is 12.1 Å². The van der Waals surface area contributed by atoms with E-state index in [0.717, 1.165) is 17.9 Å². The number of aliphatic hydroxyl groups is 1. The van der Waals surface area contributed by atoms with Gasteiger partial charge in [-0.05, 0) is 25.5 Å². The molecule has 0 saturated heterocycles. The molecule has 0 bridgehead atoms. The van der Waals surface area contributed by atoms with Crippen LogP contribution in [0.1, 0.15) is 31.1 Å². The van der Waals surface area contributed by atoms with E-state index in [9.17, 15) is 5.11 Å². The Kier molecular flexibility index (Phi) is 3.17. The first-order chi connectivity index (χ1) is 7.63. The first kappa shape index (κ1) is 11.4. The summed E-state index contributed by atoms with van der Waals surface area (Å²) in [6.45, 7) is 5.88. The fourth-order valence-electron chi connectivity index (χ4n) is 2.27. The van der Waals surface area contributed by atoms with Gasteiger partial charge in [-0.2, -0.15) is 0 Å². The Labute approximate surface area is 96.6 Å². The van der Waals surface area contributed by atoms with Crippen molar-refractivity contribution in [3.63, 3.8) is 0 Å². The molecule has 0 saturated carbocycles. The van der Waals surface area contributed by atoms with Gasteiger partial charge >= 0.3 is 0 Å². The second-order valence-corrected chi connectivity index (χ2v) is 4.57. The summed E-state index contributed by atoms with van der Waals surface area (Å²) in [5.74, 6) is 0.799. The largest absolute Gasteiger partial charge is 0.496 e. The van der Waals surface area contributed by atoms with Crippen LogP contribution in [-0.2, 0) is 6.54 Å². The molecule has 1 aliphatic rings. The molecule has 0 spiro atoms. The van der Waals surface area contributed by atoms with Gasteiger partial charge in [0.25, 0.3) is 0 Å². The van der Waals surface area contributed by atoms with Gasteiger partial charge in [-0.15, -0.1) is 0 Å². The number of hydrogen-bond acceptors (Lipinski definition) is 3. The summed E-state index contributed by atoms with van der Waals surface area (Å²) in [5, 5.41) is 10.2. The zero-order valence-electron chi connectivity index (χ0n) is 10.1. The summed E-state index contributed by atoms with van der Waals surface area (Å²) in [6, 6.07) is 6.41. The number of fused-ring (bicyclic) bond motifs is 1. The topological polar surface area (TPSA) is 32.7 Å². The highest BCUT2D eigenvalue weighted by molar-refractivity contribution is 5.43. The van der Waals surface area contributed by atoms with Crippen molar-refractivity contribution in [1.82, 2.24) is 4.90 Å². The van der Waals surface area contributed by atoms with E-state index < -0.39 is 6.10 Å². The Balaban J connectivity index is 2.37. The quantitative estimate of drug-likeness (QED) is 0.828. The van der Waals surface area contributed by atoms with Crippen LogP contribution < -0.4 is 4.74 Å². The summed E-state index contributed by atoms with van der Waals surface area (Å²) >= 11 is 0. The third-order valence-electron chi connectivity index (χ3n) is 3.22. The smallest absolute Gasteiger partial charge is 0.125 e. The summed E-state index contributed by atoms with van der Waals surface area (Å²) in [4.78, 5) is 2.27. The van der Waals surface area contributed by atoms with Gasteiger partial charge in [-0.3, -0.25) is 4.90 Å². The molecule has 3 nitrogen and oxygen atoms in total. The van der Waals surface area contributed by atoms with Crippen LogP contribution in [0.25, 0.3) is 0 Å². The molecule has 16 heavy (non-hydrogen) atoms. The average Bonchev–Trinajstić information content (AvgIpc) is 2.27. The Morgan fingerprint density at radius 1 is 1.44 bits per heavy atom.